The van der Waals surface area contributed by atoms with E-state index in [-0.39, 0.29) is 17.3 Å². The lowest BCUT2D eigenvalue weighted by Gasteiger charge is -2.19. The van der Waals surface area contributed by atoms with E-state index < -0.39 is 23.1 Å². The van der Waals surface area contributed by atoms with Gasteiger partial charge in [0.25, 0.3) is 0 Å². The number of rotatable bonds is 8. The molecule has 0 spiro atoms. The number of anilines is 2. The first-order valence-electron chi connectivity index (χ1n) is 15.4. The van der Waals surface area contributed by atoms with Crippen molar-refractivity contribution in [3.63, 3.8) is 0 Å². The average molecular weight is 637 g/mol. The molecule has 47 heavy (non-hydrogen) atoms. The van der Waals surface area contributed by atoms with Gasteiger partial charge in [-0.25, -0.2) is 9.59 Å². The van der Waals surface area contributed by atoms with Crippen molar-refractivity contribution in [2.45, 2.75) is 31.9 Å². The molecule has 238 valence electrons. The van der Waals surface area contributed by atoms with Gasteiger partial charge in [0.05, 0.1) is 28.0 Å². The second kappa shape index (κ2) is 11.7. The molecule has 2 heterocycles. The van der Waals surface area contributed by atoms with E-state index in [9.17, 15) is 22.8 Å². The predicted octanol–water partition coefficient (Wildman–Crippen LogP) is 7.12. The highest BCUT2D eigenvalue weighted by atomic mass is 19.4. The maximum absolute atomic E-state index is 13.8. The van der Waals surface area contributed by atoms with E-state index in [0.29, 0.717) is 40.6 Å². The summed E-state index contributed by atoms with van der Waals surface area (Å²) >= 11 is 0. The van der Waals surface area contributed by atoms with Gasteiger partial charge in [0.15, 0.2) is 0 Å². The molecule has 4 aromatic carbocycles. The lowest BCUT2D eigenvalue weighted by molar-refractivity contribution is -0.137. The number of fused-ring (bicyclic) bond motifs is 2. The fourth-order valence-electron chi connectivity index (χ4n) is 6.00. The summed E-state index contributed by atoms with van der Waals surface area (Å²) < 4.78 is 44.3. The predicted molar refractivity (Wildman–Crippen MR) is 178 cm³/mol. The summed E-state index contributed by atoms with van der Waals surface area (Å²) in [5.74, 6) is 0.999. The maximum atomic E-state index is 13.8. The van der Waals surface area contributed by atoms with Crippen LogP contribution >= 0.6 is 0 Å². The summed E-state index contributed by atoms with van der Waals surface area (Å²) in [5.41, 5.74) is 1.62. The van der Waals surface area contributed by atoms with Crippen molar-refractivity contribution < 1.29 is 13.2 Å². The van der Waals surface area contributed by atoms with Crippen molar-refractivity contribution in [2.75, 3.05) is 24.2 Å². The Morgan fingerprint density at radius 3 is 2.09 bits per heavy atom. The van der Waals surface area contributed by atoms with E-state index >= 15 is 0 Å². The summed E-state index contributed by atoms with van der Waals surface area (Å²) in [5, 5.41) is 7.39. The van der Waals surface area contributed by atoms with Crippen molar-refractivity contribution in [1.29, 1.82) is 0 Å². The van der Waals surface area contributed by atoms with Crippen LogP contribution in [0.3, 0.4) is 0 Å². The molecular formula is C36H31F3N6O2. The van der Waals surface area contributed by atoms with Crippen LogP contribution in [0.2, 0.25) is 0 Å². The Labute approximate surface area is 267 Å². The molecule has 7 rings (SSSR count). The first-order chi connectivity index (χ1) is 22.6. The van der Waals surface area contributed by atoms with Gasteiger partial charge in [-0.2, -0.15) is 23.1 Å². The second-order valence-corrected chi connectivity index (χ2v) is 11.9. The maximum Gasteiger partial charge on any atom is 0.416 e. The Hall–Kier alpha value is -5.45. The van der Waals surface area contributed by atoms with E-state index in [1.165, 1.54) is 10.6 Å². The molecule has 6 aromatic rings. The Morgan fingerprint density at radius 1 is 0.766 bits per heavy atom. The van der Waals surface area contributed by atoms with Gasteiger partial charge in [0, 0.05) is 30.3 Å². The van der Waals surface area contributed by atoms with Crippen LogP contribution < -0.4 is 22.0 Å². The number of halogens is 3. The molecule has 2 aromatic heterocycles. The van der Waals surface area contributed by atoms with Gasteiger partial charge >= 0.3 is 17.6 Å². The number of nitrogens with zero attached hydrogens (tertiary/aromatic N) is 4. The van der Waals surface area contributed by atoms with Crippen LogP contribution in [0.4, 0.5) is 24.8 Å². The third kappa shape index (κ3) is 5.73. The van der Waals surface area contributed by atoms with Crippen LogP contribution in [0.1, 0.15) is 42.4 Å². The lowest BCUT2D eigenvalue weighted by Crippen LogP contribution is -2.24. The fraction of sp³-hybridized carbons (Fsp3) is 0.222. The first-order valence-corrected chi connectivity index (χ1v) is 15.4. The smallest absolute Gasteiger partial charge is 0.372 e. The molecular weight excluding hydrogens is 605 g/mol. The molecule has 0 aliphatic heterocycles. The summed E-state index contributed by atoms with van der Waals surface area (Å²) in [7, 11) is 1.71. The minimum absolute atomic E-state index is 0.118. The first kappa shape index (κ1) is 30.2. The topological polar surface area (TPSA) is 93.8 Å². The minimum atomic E-state index is -4.59. The number of benzene rings is 4. The summed E-state index contributed by atoms with van der Waals surface area (Å²) in [4.78, 5) is 35.2. The largest absolute Gasteiger partial charge is 0.416 e. The molecule has 1 unspecified atom stereocenters. The Bertz CT molecular complexity index is 2260. The zero-order chi connectivity index (χ0) is 32.9. The lowest BCUT2D eigenvalue weighted by atomic mass is 9.92. The quantitative estimate of drug-likeness (QED) is 0.185. The van der Waals surface area contributed by atoms with Crippen molar-refractivity contribution in [2.24, 2.45) is 5.92 Å². The van der Waals surface area contributed by atoms with Gasteiger partial charge < -0.3 is 10.6 Å². The molecule has 0 saturated heterocycles. The fourth-order valence-corrected chi connectivity index (χ4v) is 6.00. The SMILES string of the molecule is CNc1nc(=O)n(-c2ccccc2)c2cc(C(C)c3cccc(-n4c(=O)nc(NCC5CC5)c5ccc(C(F)(F)F)cc54)c3)ccc12. The Kier molecular flexibility index (Phi) is 7.54. The van der Waals surface area contributed by atoms with Gasteiger partial charge in [-0.3, -0.25) is 9.13 Å². The van der Waals surface area contributed by atoms with Gasteiger partial charge in [0.2, 0.25) is 0 Å². The van der Waals surface area contributed by atoms with Crippen LogP contribution in [0.15, 0.2) is 101 Å². The van der Waals surface area contributed by atoms with Crippen molar-refractivity contribution in [1.82, 2.24) is 19.1 Å². The van der Waals surface area contributed by atoms with Crippen LogP contribution in [-0.2, 0) is 6.18 Å². The van der Waals surface area contributed by atoms with E-state index in [0.717, 1.165) is 41.5 Å². The average Bonchev–Trinajstić information content (AvgIpc) is 3.90. The minimum Gasteiger partial charge on any atom is -0.372 e. The Morgan fingerprint density at radius 2 is 1.38 bits per heavy atom. The highest BCUT2D eigenvalue weighted by molar-refractivity contribution is 5.92. The Balaban J connectivity index is 1.35. The zero-order valence-corrected chi connectivity index (χ0v) is 25.7. The van der Waals surface area contributed by atoms with Crippen molar-refractivity contribution in [3.8, 4) is 11.4 Å². The highest BCUT2D eigenvalue weighted by Gasteiger charge is 2.31. The van der Waals surface area contributed by atoms with Crippen LogP contribution in [0.25, 0.3) is 33.2 Å². The number of para-hydroxylation sites is 1. The van der Waals surface area contributed by atoms with E-state index in [2.05, 4.69) is 20.6 Å². The normalized spacial score (nSPS) is 14.0. The van der Waals surface area contributed by atoms with Gasteiger partial charge in [-0.15, -0.1) is 0 Å². The van der Waals surface area contributed by atoms with E-state index in [1.807, 2.05) is 61.5 Å². The summed E-state index contributed by atoms with van der Waals surface area (Å²) in [6, 6.07) is 25.6. The molecule has 1 saturated carbocycles. The molecule has 0 bridgehead atoms. The monoisotopic (exact) mass is 636 g/mol. The number of hydrogen-bond acceptors (Lipinski definition) is 6. The van der Waals surface area contributed by atoms with Crippen LogP contribution in [0, 0.1) is 5.92 Å². The number of nitrogens with one attached hydrogen (secondary N) is 2. The third-order valence-electron chi connectivity index (χ3n) is 8.77. The summed E-state index contributed by atoms with van der Waals surface area (Å²) in [6.07, 6.45) is -2.45. The number of aromatic nitrogens is 4. The zero-order valence-electron chi connectivity index (χ0n) is 25.7. The molecule has 1 fully saturated rings. The molecule has 2 N–H and O–H groups in total. The highest BCUT2D eigenvalue weighted by Crippen LogP contribution is 2.35. The molecule has 1 aliphatic rings. The van der Waals surface area contributed by atoms with Crippen LogP contribution in [0.5, 0.6) is 0 Å². The molecule has 8 nitrogen and oxygen atoms in total. The van der Waals surface area contributed by atoms with Gasteiger partial charge in [-0.05, 0) is 84.5 Å². The standard InChI is InChI=1S/C36H31F3N6O2/c1-21(24-13-15-28-30(18-24)44(26-8-4-3-5-9-26)34(46)42-32(28)40-2)23-7-6-10-27(17-23)45-31-19-25(36(37,38)39)14-16-29(31)33(43-35(45)47)41-20-22-11-12-22/h3-10,13-19,21-22H,11-12,20H2,1-2H3,(H,40,42,46)(H,41,43,47). The number of alkyl halides is 3. The molecule has 11 heteroatoms. The number of hydrogen-bond donors (Lipinski definition) is 2. The summed E-state index contributed by atoms with van der Waals surface area (Å²) in [6.45, 7) is 2.60. The van der Waals surface area contributed by atoms with E-state index in [1.54, 1.807) is 29.8 Å². The van der Waals surface area contributed by atoms with Crippen molar-refractivity contribution >= 4 is 33.4 Å². The molecule has 0 amide bonds. The molecule has 0 radical (unpaired) electrons. The van der Waals surface area contributed by atoms with Gasteiger partial charge in [-0.1, -0.05) is 43.3 Å². The van der Waals surface area contributed by atoms with E-state index in [4.69, 9.17) is 0 Å². The molecule has 1 atom stereocenters. The van der Waals surface area contributed by atoms with Crippen LogP contribution in [-0.4, -0.2) is 32.7 Å². The van der Waals surface area contributed by atoms with Gasteiger partial charge in [0.1, 0.15) is 11.6 Å². The molecule has 1 aliphatic carbocycles. The van der Waals surface area contributed by atoms with Crippen molar-refractivity contribution in [3.05, 3.63) is 129 Å². The third-order valence-corrected chi connectivity index (χ3v) is 8.77. The second-order valence-electron chi connectivity index (χ2n) is 11.9.